The van der Waals surface area contributed by atoms with Crippen LogP contribution < -0.4 is 15.3 Å². The standard InChI is InChI=1S/3C4H9O.Tb/c3*1-2-3-4-5;/h3*2-4H2,1H3;/q3*-1;+3. The molecule has 0 atom stereocenters. The van der Waals surface area contributed by atoms with Crippen molar-refractivity contribution in [1.29, 1.82) is 0 Å². The predicted molar refractivity (Wildman–Crippen MR) is 59.3 cm³/mol. The number of hydrogen-bond acceptors (Lipinski definition) is 3. The zero-order valence-corrected chi connectivity index (χ0v) is 13.1. The average Bonchev–Trinajstić information content (AvgIpc) is 2.23. The van der Waals surface area contributed by atoms with Crippen molar-refractivity contribution in [2.75, 3.05) is 19.8 Å². The van der Waals surface area contributed by atoms with Crippen LogP contribution in [0.5, 0.6) is 0 Å². The van der Waals surface area contributed by atoms with Crippen molar-refractivity contribution in [1.82, 2.24) is 0 Å². The maximum Gasteiger partial charge on any atom is 3.00 e. The second kappa shape index (κ2) is 36.0. The van der Waals surface area contributed by atoms with E-state index >= 15 is 0 Å². The summed E-state index contributed by atoms with van der Waals surface area (Å²) >= 11 is 0. The zero-order chi connectivity index (χ0) is 12.4. The third-order valence-corrected chi connectivity index (χ3v) is 1.49. The number of hydrogen-bond donors (Lipinski definition) is 0. The maximum absolute atomic E-state index is 9.53. The first kappa shape index (κ1) is 25.9. The average molecular weight is 378 g/mol. The zero-order valence-electron chi connectivity index (χ0n) is 10.9. The van der Waals surface area contributed by atoms with Gasteiger partial charge in [-0.05, 0) is 0 Å². The van der Waals surface area contributed by atoms with Gasteiger partial charge in [-0.2, -0.15) is 0 Å². The van der Waals surface area contributed by atoms with Crippen LogP contribution in [-0.4, -0.2) is 19.8 Å². The third-order valence-electron chi connectivity index (χ3n) is 1.49. The Kier molecular flexibility index (Phi) is 58.2. The third kappa shape index (κ3) is 59.3. The molecule has 0 amide bonds. The summed E-state index contributed by atoms with van der Waals surface area (Å²) < 4.78 is 0. The topological polar surface area (TPSA) is 69.2 Å². The van der Waals surface area contributed by atoms with E-state index in [4.69, 9.17) is 0 Å². The molecule has 0 saturated heterocycles. The molecule has 4 heteroatoms. The van der Waals surface area contributed by atoms with Crippen molar-refractivity contribution in [2.24, 2.45) is 0 Å². The minimum Gasteiger partial charge on any atom is -0.854 e. The van der Waals surface area contributed by atoms with Gasteiger partial charge in [-0.1, -0.05) is 59.3 Å². The summed E-state index contributed by atoms with van der Waals surface area (Å²) in [7, 11) is 0. The van der Waals surface area contributed by atoms with E-state index in [1.165, 1.54) is 0 Å². The van der Waals surface area contributed by atoms with Crippen molar-refractivity contribution in [3.05, 3.63) is 0 Å². The molecule has 0 rings (SSSR count). The maximum atomic E-state index is 9.53. The van der Waals surface area contributed by atoms with Gasteiger partial charge in [0.15, 0.2) is 0 Å². The molecule has 0 radical (unpaired) electrons. The number of rotatable bonds is 6. The van der Waals surface area contributed by atoms with Crippen LogP contribution >= 0.6 is 0 Å². The van der Waals surface area contributed by atoms with Crippen molar-refractivity contribution in [3.63, 3.8) is 0 Å². The minimum atomic E-state index is 0. The molecule has 0 heterocycles. The fourth-order valence-electron chi connectivity index (χ4n) is 0.433. The van der Waals surface area contributed by atoms with Gasteiger partial charge in [-0.3, -0.25) is 0 Å². The Labute approximate surface area is 132 Å². The van der Waals surface area contributed by atoms with Gasteiger partial charge < -0.3 is 15.3 Å². The van der Waals surface area contributed by atoms with Crippen LogP contribution in [0.1, 0.15) is 59.3 Å². The summed E-state index contributed by atoms with van der Waals surface area (Å²) in [6.07, 6.45) is 5.59. The second-order valence-corrected chi connectivity index (χ2v) is 3.17. The van der Waals surface area contributed by atoms with Gasteiger partial charge in [-0.25, -0.2) is 0 Å². The van der Waals surface area contributed by atoms with E-state index in [-0.39, 0.29) is 58.4 Å². The minimum absolute atomic E-state index is 0. The molecule has 0 aliphatic carbocycles. The molecule has 0 aromatic rings. The molecule has 0 spiro atoms. The second-order valence-electron chi connectivity index (χ2n) is 3.17. The summed E-state index contributed by atoms with van der Waals surface area (Å²) in [4.78, 5) is 0. The van der Waals surface area contributed by atoms with Gasteiger partial charge in [0, 0.05) is 0 Å². The van der Waals surface area contributed by atoms with Gasteiger partial charge in [-0.15, -0.1) is 19.8 Å². The molecule has 0 aliphatic rings. The van der Waals surface area contributed by atoms with E-state index < -0.39 is 0 Å². The molecule has 0 saturated carbocycles. The Bertz CT molecular complexity index is 53.0. The van der Waals surface area contributed by atoms with Crippen LogP contribution in [0.4, 0.5) is 0 Å². The van der Waals surface area contributed by atoms with E-state index in [1.807, 2.05) is 20.8 Å². The Balaban J connectivity index is -0.0000000655. The van der Waals surface area contributed by atoms with Crippen molar-refractivity contribution in [2.45, 2.75) is 59.3 Å². The molecular weight excluding hydrogens is 351 g/mol. The van der Waals surface area contributed by atoms with E-state index in [9.17, 15) is 15.3 Å². The Hall–Kier alpha value is 1.17. The molecule has 0 aliphatic heterocycles. The van der Waals surface area contributed by atoms with Gasteiger partial charge >= 0.3 is 38.6 Å². The predicted octanol–water partition coefficient (Wildman–Crippen LogP) is 0.440. The first-order valence-electron chi connectivity index (χ1n) is 5.99. The first-order chi connectivity index (χ1) is 7.24. The fourth-order valence-corrected chi connectivity index (χ4v) is 0.433. The fraction of sp³-hybridized carbons (Fsp3) is 1.00. The van der Waals surface area contributed by atoms with Crippen molar-refractivity contribution >= 4 is 0 Å². The largest absolute Gasteiger partial charge is 3.00 e. The Morgan fingerprint density at radius 1 is 0.562 bits per heavy atom. The molecule has 102 valence electrons. The van der Waals surface area contributed by atoms with Crippen molar-refractivity contribution in [3.8, 4) is 0 Å². The monoisotopic (exact) mass is 378 g/mol. The van der Waals surface area contributed by atoms with Crippen LogP contribution in [0.3, 0.4) is 0 Å². The summed E-state index contributed by atoms with van der Waals surface area (Å²) in [6.45, 7) is 6.32. The van der Waals surface area contributed by atoms with Crippen LogP contribution in [0, 0.1) is 38.6 Å². The quantitative estimate of drug-likeness (QED) is 0.674. The molecule has 16 heavy (non-hydrogen) atoms. The Morgan fingerprint density at radius 3 is 0.750 bits per heavy atom. The molecular formula is C12H27O3Tb. The van der Waals surface area contributed by atoms with E-state index in [0.717, 1.165) is 38.5 Å². The van der Waals surface area contributed by atoms with E-state index in [0.29, 0.717) is 0 Å². The van der Waals surface area contributed by atoms with Crippen LogP contribution in [0.25, 0.3) is 0 Å². The molecule has 0 aromatic carbocycles. The molecule has 3 nitrogen and oxygen atoms in total. The first-order valence-corrected chi connectivity index (χ1v) is 5.99. The molecule has 0 N–H and O–H groups in total. The molecule has 0 unspecified atom stereocenters. The SMILES string of the molecule is CCCC[O-].CCCC[O-].CCCC[O-].[Tb+3]. The van der Waals surface area contributed by atoms with Crippen LogP contribution in [-0.2, 0) is 0 Å². The van der Waals surface area contributed by atoms with Gasteiger partial charge in [0.05, 0.1) is 0 Å². The van der Waals surface area contributed by atoms with Crippen LogP contribution in [0.15, 0.2) is 0 Å². The van der Waals surface area contributed by atoms with E-state index in [2.05, 4.69) is 0 Å². The number of unbranched alkanes of at least 4 members (excludes halogenated alkanes) is 3. The Morgan fingerprint density at radius 2 is 0.750 bits per heavy atom. The summed E-state index contributed by atoms with van der Waals surface area (Å²) in [5.41, 5.74) is 0. The molecule has 0 aromatic heterocycles. The van der Waals surface area contributed by atoms with Gasteiger partial charge in [0.25, 0.3) is 0 Å². The van der Waals surface area contributed by atoms with Gasteiger partial charge in [0.1, 0.15) is 0 Å². The summed E-state index contributed by atoms with van der Waals surface area (Å²) in [5.74, 6) is 0. The van der Waals surface area contributed by atoms with Crippen molar-refractivity contribution < 1.29 is 53.9 Å². The summed E-state index contributed by atoms with van der Waals surface area (Å²) in [5, 5.41) is 28.6. The molecule has 0 bridgehead atoms. The van der Waals surface area contributed by atoms with Crippen LogP contribution in [0.2, 0.25) is 0 Å². The molecule has 0 fully saturated rings. The normalized spacial score (nSPS) is 7.88. The van der Waals surface area contributed by atoms with E-state index in [1.54, 1.807) is 0 Å². The van der Waals surface area contributed by atoms with Gasteiger partial charge in [0.2, 0.25) is 0 Å². The summed E-state index contributed by atoms with van der Waals surface area (Å²) in [6, 6.07) is 0. The smallest absolute Gasteiger partial charge is 0.854 e.